The van der Waals surface area contributed by atoms with Gasteiger partial charge < -0.3 is 5.32 Å². The molecular formula is C18H13N3OS. The minimum Gasteiger partial charge on any atom is -0.324 e. The van der Waals surface area contributed by atoms with Crippen LogP contribution in [0.4, 0.5) is 5.69 Å². The van der Waals surface area contributed by atoms with Gasteiger partial charge in [-0.15, -0.1) is 11.8 Å². The van der Waals surface area contributed by atoms with Crippen LogP contribution in [0.1, 0.15) is 5.56 Å². The number of hydrogen-bond donors (Lipinski definition) is 1. The van der Waals surface area contributed by atoms with Gasteiger partial charge in [0.05, 0.1) is 22.5 Å². The quantitative estimate of drug-likeness (QED) is 0.742. The van der Waals surface area contributed by atoms with Crippen molar-refractivity contribution in [2.45, 2.75) is 4.90 Å². The van der Waals surface area contributed by atoms with Gasteiger partial charge in [0, 0.05) is 16.5 Å². The number of aromatic nitrogens is 1. The molecule has 1 heterocycles. The highest BCUT2D eigenvalue weighted by atomic mass is 32.2. The van der Waals surface area contributed by atoms with Crippen LogP contribution in [0.5, 0.6) is 0 Å². The SMILES string of the molecule is N#Cc1ccccc1NC(=O)CSc1cccc2cccnc12. The number of nitrogens with zero attached hydrogens (tertiary/aromatic N) is 2. The molecule has 5 heteroatoms. The van der Waals surface area contributed by atoms with Crippen LogP contribution in [-0.2, 0) is 4.79 Å². The summed E-state index contributed by atoms with van der Waals surface area (Å²) >= 11 is 1.43. The average molecular weight is 319 g/mol. The number of hydrogen-bond acceptors (Lipinski definition) is 4. The number of rotatable bonds is 4. The van der Waals surface area contributed by atoms with Crippen molar-refractivity contribution in [3.63, 3.8) is 0 Å². The van der Waals surface area contributed by atoms with Crippen molar-refractivity contribution in [1.82, 2.24) is 4.98 Å². The van der Waals surface area contributed by atoms with E-state index < -0.39 is 0 Å². The van der Waals surface area contributed by atoms with Gasteiger partial charge in [-0.1, -0.05) is 30.3 Å². The molecule has 112 valence electrons. The highest BCUT2D eigenvalue weighted by Crippen LogP contribution is 2.26. The Morgan fingerprint density at radius 2 is 1.96 bits per heavy atom. The van der Waals surface area contributed by atoms with Crippen molar-refractivity contribution in [2.24, 2.45) is 0 Å². The molecule has 3 rings (SSSR count). The minimum absolute atomic E-state index is 0.148. The van der Waals surface area contributed by atoms with Gasteiger partial charge in [0.25, 0.3) is 0 Å². The van der Waals surface area contributed by atoms with E-state index in [0.29, 0.717) is 11.3 Å². The van der Waals surface area contributed by atoms with Gasteiger partial charge in [-0.05, 0) is 24.3 Å². The summed E-state index contributed by atoms with van der Waals surface area (Å²) in [6.07, 6.45) is 1.75. The Bertz CT molecular complexity index is 897. The highest BCUT2D eigenvalue weighted by molar-refractivity contribution is 8.00. The van der Waals surface area contributed by atoms with Crippen LogP contribution >= 0.6 is 11.8 Å². The number of amides is 1. The molecule has 0 bridgehead atoms. The summed E-state index contributed by atoms with van der Waals surface area (Å²) < 4.78 is 0. The van der Waals surface area contributed by atoms with Crippen molar-refractivity contribution in [3.8, 4) is 6.07 Å². The lowest BCUT2D eigenvalue weighted by Gasteiger charge is -2.08. The van der Waals surface area contributed by atoms with Crippen LogP contribution in [0.2, 0.25) is 0 Å². The molecule has 0 aliphatic carbocycles. The summed E-state index contributed by atoms with van der Waals surface area (Å²) in [5.74, 6) is 0.112. The van der Waals surface area contributed by atoms with E-state index >= 15 is 0 Å². The molecule has 0 unspecified atom stereocenters. The first-order chi connectivity index (χ1) is 11.3. The Hall–Kier alpha value is -2.84. The van der Waals surface area contributed by atoms with Crippen molar-refractivity contribution in [3.05, 3.63) is 66.4 Å². The van der Waals surface area contributed by atoms with Gasteiger partial charge in [0.2, 0.25) is 5.91 Å². The molecule has 0 spiro atoms. The molecule has 0 saturated carbocycles. The van der Waals surface area contributed by atoms with E-state index in [1.165, 1.54) is 11.8 Å². The molecule has 1 amide bonds. The lowest BCUT2D eigenvalue weighted by molar-refractivity contribution is -0.113. The standard InChI is InChI=1S/C18H13N3OS/c19-11-14-5-1-2-8-15(14)21-17(22)12-23-16-9-3-6-13-7-4-10-20-18(13)16/h1-10H,12H2,(H,21,22). The van der Waals surface area contributed by atoms with Gasteiger partial charge in [-0.3, -0.25) is 9.78 Å². The number of fused-ring (bicyclic) bond motifs is 1. The minimum atomic E-state index is -0.148. The summed E-state index contributed by atoms with van der Waals surface area (Å²) in [7, 11) is 0. The molecule has 0 fully saturated rings. The van der Waals surface area contributed by atoms with Crippen LogP contribution in [-0.4, -0.2) is 16.6 Å². The van der Waals surface area contributed by atoms with Crippen LogP contribution in [0.15, 0.2) is 65.7 Å². The predicted octanol–water partition coefficient (Wildman–Crippen LogP) is 3.84. The fourth-order valence-corrected chi connectivity index (χ4v) is 3.05. The van der Waals surface area contributed by atoms with E-state index in [4.69, 9.17) is 5.26 Å². The Balaban J connectivity index is 1.70. The number of carbonyl (C=O) groups excluding carboxylic acids is 1. The number of pyridine rings is 1. The van der Waals surface area contributed by atoms with E-state index in [0.717, 1.165) is 15.8 Å². The largest absolute Gasteiger partial charge is 0.324 e. The highest BCUT2D eigenvalue weighted by Gasteiger charge is 2.09. The van der Waals surface area contributed by atoms with Crippen LogP contribution in [0.25, 0.3) is 10.9 Å². The number of nitriles is 1. The summed E-state index contributed by atoms with van der Waals surface area (Å²) in [6.45, 7) is 0. The van der Waals surface area contributed by atoms with E-state index in [-0.39, 0.29) is 11.7 Å². The van der Waals surface area contributed by atoms with E-state index in [1.807, 2.05) is 30.3 Å². The van der Waals surface area contributed by atoms with Gasteiger partial charge in [-0.2, -0.15) is 5.26 Å². The van der Waals surface area contributed by atoms with Gasteiger partial charge in [0.15, 0.2) is 0 Å². The molecule has 3 aromatic rings. The normalized spacial score (nSPS) is 10.2. The Labute approximate surface area is 138 Å². The lowest BCUT2D eigenvalue weighted by atomic mass is 10.2. The van der Waals surface area contributed by atoms with Crippen molar-refractivity contribution < 1.29 is 4.79 Å². The second kappa shape index (κ2) is 6.95. The maximum Gasteiger partial charge on any atom is 0.234 e. The Morgan fingerprint density at radius 3 is 2.83 bits per heavy atom. The first kappa shape index (κ1) is 15.1. The third-order valence-electron chi connectivity index (χ3n) is 3.28. The molecule has 0 aliphatic rings. The Kier molecular flexibility index (Phi) is 4.55. The second-order valence-electron chi connectivity index (χ2n) is 4.83. The van der Waals surface area contributed by atoms with E-state index in [9.17, 15) is 4.79 Å². The third kappa shape index (κ3) is 3.50. The molecule has 4 nitrogen and oxygen atoms in total. The van der Waals surface area contributed by atoms with E-state index in [1.54, 1.807) is 30.5 Å². The molecular weight excluding hydrogens is 306 g/mol. The lowest BCUT2D eigenvalue weighted by Crippen LogP contribution is -2.14. The van der Waals surface area contributed by atoms with Crippen molar-refractivity contribution in [2.75, 3.05) is 11.1 Å². The molecule has 0 saturated heterocycles. The monoisotopic (exact) mass is 319 g/mol. The summed E-state index contributed by atoms with van der Waals surface area (Å²) in [6, 6.07) is 18.8. The topological polar surface area (TPSA) is 65.8 Å². The Morgan fingerprint density at radius 1 is 1.13 bits per heavy atom. The second-order valence-corrected chi connectivity index (χ2v) is 5.84. The summed E-state index contributed by atoms with van der Waals surface area (Å²) in [4.78, 5) is 17.5. The molecule has 0 aliphatic heterocycles. The fourth-order valence-electron chi connectivity index (χ4n) is 2.21. The predicted molar refractivity (Wildman–Crippen MR) is 92.3 cm³/mol. The summed E-state index contributed by atoms with van der Waals surface area (Å²) in [5, 5.41) is 12.9. The molecule has 2 aromatic carbocycles. The maximum atomic E-state index is 12.1. The smallest absolute Gasteiger partial charge is 0.234 e. The van der Waals surface area contributed by atoms with E-state index in [2.05, 4.69) is 16.4 Å². The first-order valence-corrected chi connectivity index (χ1v) is 8.02. The zero-order chi connectivity index (χ0) is 16.1. The fraction of sp³-hybridized carbons (Fsp3) is 0.0556. The van der Waals surface area contributed by atoms with Crippen LogP contribution in [0, 0.1) is 11.3 Å². The number of carbonyl (C=O) groups is 1. The number of thioether (sulfide) groups is 1. The molecule has 0 atom stereocenters. The maximum absolute atomic E-state index is 12.1. The third-order valence-corrected chi connectivity index (χ3v) is 4.32. The van der Waals surface area contributed by atoms with Gasteiger partial charge >= 0.3 is 0 Å². The number of nitrogens with one attached hydrogen (secondary N) is 1. The van der Waals surface area contributed by atoms with Crippen molar-refractivity contribution >= 4 is 34.3 Å². The molecule has 1 aromatic heterocycles. The molecule has 1 N–H and O–H groups in total. The molecule has 23 heavy (non-hydrogen) atoms. The first-order valence-electron chi connectivity index (χ1n) is 7.03. The zero-order valence-electron chi connectivity index (χ0n) is 12.2. The number of anilines is 1. The molecule has 0 radical (unpaired) electrons. The number of benzene rings is 2. The summed E-state index contributed by atoms with van der Waals surface area (Å²) in [5.41, 5.74) is 1.89. The zero-order valence-corrected chi connectivity index (χ0v) is 13.0. The number of para-hydroxylation sites is 2. The van der Waals surface area contributed by atoms with Crippen LogP contribution < -0.4 is 5.32 Å². The van der Waals surface area contributed by atoms with Gasteiger partial charge in [-0.25, -0.2) is 0 Å². The van der Waals surface area contributed by atoms with Crippen LogP contribution in [0.3, 0.4) is 0 Å². The van der Waals surface area contributed by atoms with Crippen molar-refractivity contribution in [1.29, 1.82) is 5.26 Å². The average Bonchev–Trinajstić information content (AvgIpc) is 2.60. The van der Waals surface area contributed by atoms with Gasteiger partial charge in [0.1, 0.15) is 6.07 Å².